The van der Waals surface area contributed by atoms with Crippen molar-refractivity contribution in [2.75, 3.05) is 6.54 Å². The molecular formula is C13H13NO. The van der Waals surface area contributed by atoms with Crippen LogP contribution in [0.5, 0.6) is 0 Å². The van der Waals surface area contributed by atoms with Crippen molar-refractivity contribution in [2.45, 2.75) is 12.3 Å². The van der Waals surface area contributed by atoms with Gasteiger partial charge in [-0.3, -0.25) is 4.79 Å². The average Bonchev–Trinajstić information content (AvgIpc) is 3.07. The number of nitrogens with one attached hydrogen (secondary N) is 1. The van der Waals surface area contributed by atoms with Crippen LogP contribution in [0.3, 0.4) is 0 Å². The Bertz CT molecular complexity index is 391. The number of hydrogen-bond donors (Lipinski definition) is 1. The molecule has 1 fully saturated rings. The predicted octanol–water partition coefficient (Wildman–Crippen LogP) is 1.54. The van der Waals surface area contributed by atoms with E-state index in [0.717, 1.165) is 6.42 Å². The van der Waals surface area contributed by atoms with Crippen molar-refractivity contribution in [3.05, 3.63) is 35.9 Å². The Hall–Kier alpha value is -1.75. The lowest BCUT2D eigenvalue weighted by Gasteiger charge is -2.00. The molecule has 0 spiro atoms. The second-order valence-corrected chi connectivity index (χ2v) is 3.78. The fraction of sp³-hybridized carbons (Fsp3) is 0.308. The van der Waals surface area contributed by atoms with Gasteiger partial charge >= 0.3 is 0 Å². The Labute approximate surface area is 89.7 Å². The van der Waals surface area contributed by atoms with Crippen LogP contribution >= 0.6 is 0 Å². The Kier molecular flexibility index (Phi) is 2.73. The van der Waals surface area contributed by atoms with Gasteiger partial charge in [0.2, 0.25) is 5.91 Å². The fourth-order valence-corrected chi connectivity index (χ4v) is 1.82. The standard InChI is InChI=1S/C13H13NO/c1-2-8-14-13(15)12-9-11(12)10-6-4-3-5-7-10/h1,3-7,11-12H,8-9H2,(H,14,15)/t11-,12-/m0/s1. The monoisotopic (exact) mass is 199 g/mol. The third-order valence-corrected chi connectivity index (χ3v) is 2.72. The van der Waals surface area contributed by atoms with Crippen LogP contribution in [-0.4, -0.2) is 12.5 Å². The van der Waals surface area contributed by atoms with Gasteiger partial charge in [-0.1, -0.05) is 36.3 Å². The summed E-state index contributed by atoms with van der Waals surface area (Å²) >= 11 is 0. The zero-order valence-electron chi connectivity index (χ0n) is 8.44. The first-order chi connectivity index (χ1) is 7.33. The molecule has 76 valence electrons. The summed E-state index contributed by atoms with van der Waals surface area (Å²) < 4.78 is 0. The van der Waals surface area contributed by atoms with Crippen molar-refractivity contribution in [2.24, 2.45) is 5.92 Å². The smallest absolute Gasteiger partial charge is 0.224 e. The number of carbonyl (C=O) groups excluding carboxylic acids is 1. The second-order valence-electron chi connectivity index (χ2n) is 3.78. The first-order valence-corrected chi connectivity index (χ1v) is 5.09. The first-order valence-electron chi connectivity index (χ1n) is 5.09. The number of hydrogen-bond acceptors (Lipinski definition) is 1. The topological polar surface area (TPSA) is 29.1 Å². The maximum atomic E-state index is 11.5. The maximum absolute atomic E-state index is 11.5. The van der Waals surface area contributed by atoms with Crippen LogP contribution in [-0.2, 0) is 4.79 Å². The van der Waals surface area contributed by atoms with E-state index >= 15 is 0 Å². The van der Waals surface area contributed by atoms with Gasteiger partial charge in [0, 0.05) is 5.92 Å². The van der Waals surface area contributed by atoms with E-state index in [-0.39, 0.29) is 11.8 Å². The molecule has 0 bridgehead atoms. The molecule has 2 nitrogen and oxygen atoms in total. The molecule has 1 saturated carbocycles. The highest BCUT2D eigenvalue weighted by atomic mass is 16.2. The summed E-state index contributed by atoms with van der Waals surface area (Å²) in [6.45, 7) is 0.330. The highest BCUT2D eigenvalue weighted by molar-refractivity contribution is 5.83. The van der Waals surface area contributed by atoms with Crippen molar-refractivity contribution >= 4 is 5.91 Å². The summed E-state index contributed by atoms with van der Waals surface area (Å²) in [7, 11) is 0. The highest BCUT2D eigenvalue weighted by Gasteiger charge is 2.43. The van der Waals surface area contributed by atoms with Crippen molar-refractivity contribution in [3.8, 4) is 12.3 Å². The van der Waals surface area contributed by atoms with Gasteiger partial charge in [0.1, 0.15) is 0 Å². The van der Waals surface area contributed by atoms with Crippen LogP contribution < -0.4 is 5.32 Å². The molecule has 2 heteroatoms. The molecule has 2 atom stereocenters. The molecule has 1 aromatic carbocycles. The summed E-state index contributed by atoms with van der Waals surface area (Å²) in [6, 6.07) is 10.1. The lowest BCUT2D eigenvalue weighted by atomic mass is 10.1. The number of amides is 1. The Morgan fingerprint density at radius 2 is 2.20 bits per heavy atom. The zero-order chi connectivity index (χ0) is 10.7. The van der Waals surface area contributed by atoms with E-state index in [1.807, 2.05) is 18.2 Å². The average molecular weight is 199 g/mol. The fourth-order valence-electron chi connectivity index (χ4n) is 1.82. The van der Waals surface area contributed by atoms with Gasteiger partial charge in [-0.25, -0.2) is 0 Å². The van der Waals surface area contributed by atoms with Crippen LogP contribution in [0.25, 0.3) is 0 Å². The van der Waals surface area contributed by atoms with Crippen LogP contribution in [0.2, 0.25) is 0 Å². The Morgan fingerprint density at radius 1 is 1.47 bits per heavy atom. The summed E-state index contributed by atoms with van der Waals surface area (Å²) in [5.41, 5.74) is 1.25. The van der Waals surface area contributed by atoms with Gasteiger partial charge in [0.25, 0.3) is 0 Å². The van der Waals surface area contributed by atoms with Crippen molar-refractivity contribution in [1.82, 2.24) is 5.32 Å². The molecular weight excluding hydrogens is 186 g/mol. The van der Waals surface area contributed by atoms with Crippen molar-refractivity contribution in [3.63, 3.8) is 0 Å². The van der Waals surface area contributed by atoms with Gasteiger partial charge in [0.15, 0.2) is 0 Å². The summed E-state index contributed by atoms with van der Waals surface area (Å²) in [4.78, 5) is 11.5. The molecule has 1 aromatic rings. The summed E-state index contributed by atoms with van der Waals surface area (Å²) in [5, 5.41) is 2.72. The SMILES string of the molecule is C#CCNC(=O)[C@H]1C[C@H]1c1ccccc1. The quantitative estimate of drug-likeness (QED) is 0.735. The minimum Gasteiger partial charge on any atom is -0.345 e. The number of rotatable bonds is 3. The van der Waals surface area contributed by atoms with Crippen LogP contribution in [0.4, 0.5) is 0 Å². The largest absolute Gasteiger partial charge is 0.345 e. The van der Waals surface area contributed by atoms with Crippen molar-refractivity contribution < 1.29 is 4.79 Å². The van der Waals surface area contributed by atoms with E-state index in [1.165, 1.54) is 5.56 Å². The van der Waals surface area contributed by atoms with Crippen LogP contribution in [0.1, 0.15) is 17.9 Å². The molecule has 15 heavy (non-hydrogen) atoms. The van der Waals surface area contributed by atoms with E-state index < -0.39 is 0 Å². The van der Waals surface area contributed by atoms with Gasteiger partial charge < -0.3 is 5.32 Å². The highest BCUT2D eigenvalue weighted by Crippen LogP contribution is 2.47. The van der Waals surface area contributed by atoms with Gasteiger partial charge in [-0.05, 0) is 17.9 Å². The summed E-state index contributed by atoms with van der Waals surface area (Å²) in [6.07, 6.45) is 6.02. The molecule has 1 aliphatic carbocycles. The minimum atomic E-state index is 0.0850. The number of terminal acetylenes is 1. The number of carbonyl (C=O) groups is 1. The van der Waals surface area contributed by atoms with Gasteiger partial charge in [-0.2, -0.15) is 0 Å². The molecule has 1 amide bonds. The zero-order valence-corrected chi connectivity index (χ0v) is 8.44. The Balaban J connectivity index is 1.91. The molecule has 0 aliphatic heterocycles. The molecule has 2 rings (SSSR count). The summed E-state index contributed by atoms with van der Waals surface area (Å²) in [5.74, 6) is 3.01. The van der Waals surface area contributed by atoms with E-state index in [2.05, 4.69) is 23.4 Å². The molecule has 1 N–H and O–H groups in total. The maximum Gasteiger partial charge on any atom is 0.224 e. The van der Waals surface area contributed by atoms with Crippen molar-refractivity contribution in [1.29, 1.82) is 0 Å². The Morgan fingerprint density at radius 3 is 2.87 bits per heavy atom. The van der Waals surface area contributed by atoms with E-state index in [1.54, 1.807) is 0 Å². The third kappa shape index (κ3) is 2.19. The lowest BCUT2D eigenvalue weighted by molar-refractivity contribution is -0.122. The van der Waals surface area contributed by atoms with Gasteiger partial charge in [0.05, 0.1) is 6.54 Å². The van der Waals surface area contributed by atoms with E-state index in [9.17, 15) is 4.79 Å². The molecule has 0 unspecified atom stereocenters. The van der Waals surface area contributed by atoms with E-state index in [4.69, 9.17) is 6.42 Å². The van der Waals surface area contributed by atoms with Crippen LogP contribution in [0, 0.1) is 18.3 Å². The van der Waals surface area contributed by atoms with E-state index in [0.29, 0.717) is 12.5 Å². The third-order valence-electron chi connectivity index (χ3n) is 2.72. The molecule has 0 heterocycles. The number of benzene rings is 1. The lowest BCUT2D eigenvalue weighted by Crippen LogP contribution is -2.25. The second kappa shape index (κ2) is 4.18. The minimum absolute atomic E-state index is 0.0850. The first kappa shape index (κ1) is 9.79. The molecule has 0 aromatic heterocycles. The normalized spacial score (nSPS) is 22.9. The predicted molar refractivity (Wildman–Crippen MR) is 59.1 cm³/mol. The molecule has 1 aliphatic rings. The molecule has 0 radical (unpaired) electrons. The molecule has 0 saturated heterocycles. The van der Waals surface area contributed by atoms with Gasteiger partial charge in [-0.15, -0.1) is 6.42 Å². The van der Waals surface area contributed by atoms with Crippen LogP contribution in [0.15, 0.2) is 30.3 Å².